The van der Waals surface area contributed by atoms with Crippen LogP contribution in [0, 0.1) is 5.82 Å². The van der Waals surface area contributed by atoms with E-state index in [1.165, 1.54) is 30.0 Å². The van der Waals surface area contributed by atoms with Crippen LogP contribution in [0.15, 0.2) is 132 Å². The molecule has 5 aromatic carbocycles. The summed E-state index contributed by atoms with van der Waals surface area (Å²) in [6, 6.07) is 35.7. The molecule has 3 amide bonds. The first-order chi connectivity index (χ1) is 23.3. The highest BCUT2D eigenvalue weighted by Gasteiger charge is 2.18. The van der Waals surface area contributed by atoms with Crippen molar-refractivity contribution in [2.24, 2.45) is 0 Å². The second-order valence-electron chi connectivity index (χ2n) is 11.1. The van der Waals surface area contributed by atoms with Crippen molar-refractivity contribution in [3.63, 3.8) is 0 Å². The third kappa shape index (κ3) is 7.16. The number of anilines is 2. The number of halogens is 1. The summed E-state index contributed by atoms with van der Waals surface area (Å²) in [6.45, 7) is 4.81. The number of thioether (sulfide) groups is 1. The number of hydrogen-bond acceptors (Lipinski definition) is 4. The van der Waals surface area contributed by atoms with Gasteiger partial charge in [0.25, 0.3) is 11.8 Å². The number of amides is 3. The van der Waals surface area contributed by atoms with Crippen LogP contribution in [0.25, 0.3) is 27.9 Å². The normalized spacial score (nSPS) is 12.1. The van der Waals surface area contributed by atoms with E-state index in [-0.39, 0.29) is 17.2 Å². The first kappa shape index (κ1) is 32.3. The molecule has 9 heteroatoms. The summed E-state index contributed by atoms with van der Waals surface area (Å²) in [7, 11) is 0. The minimum Gasteiger partial charge on any atom is -0.341 e. The van der Waals surface area contributed by atoms with Crippen LogP contribution in [0.1, 0.15) is 29.8 Å². The molecule has 0 fully saturated rings. The first-order valence-corrected chi connectivity index (χ1v) is 16.4. The number of aryl methyl sites for hydroxylation is 1. The Morgan fingerprint density at radius 2 is 1.44 bits per heavy atom. The number of hydrogen-bond donors (Lipinski definition) is 3. The van der Waals surface area contributed by atoms with Crippen molar-refractivity contribution in [2.45, 2.75) is 30.5 Å². The van der Waals surface area contributed by atoms with E-state index in [1.54, 1.807) is 66.7 Å². The average molecular weight is 657 g/mol. The fourth-order valence-corrected chi connectivity index (χ4v) is 6.35. The van der Waals surface area contributed by atoms with Crippen LogP contribution in [0.2, 0.25) is 0 Å². The van der Waals surface area contributed by atoms with Crippen LogP contribution in [0.3, 0.4) is 0 Å². The molecule has 0 saturated carbocycles. The van der Waals surface area contributed by atoms with E-state index in [0.717, 1.165) is 38.9 Å². The fourth-order valence-electron chi connectivity index (χ4n) is 5.48. The molecule has 0 aliphatic rings. The van der Waals surface area contributed by atoms with Gasteiger partial charge < -0.3 is 20.5 Å². The second-order valence-corrected chi connectivity index (χ2v) is 12.5. The number of nitrogens with one attached hydrogen (secondary N) is 3. The highest BCUT2D eigenvalue weighted by Crippen LogP contribution is 2.32. The largest absolute Gasteiger partial charge is 0.341 e. The topological polar surface area (TPSA) is 92.2 Å². The zero-order valence-corrected chi connectivity index (χ0v) is 27.2. The van der Waals surface area contributed by atoms with Crippen molar-refractivity contribution in [3.8, 4) is 0 Å². The van der Waals surface area contributed by atoms with Gasteiger partial charge in [0.15, 0.2) is 0 Å². The fraction of sp³-hybridized carbons (Fsp3) is 0.103. The van der Waals surface area contributed by atoms with Crippen LogP contribution in [-0.4, -0.2) is 27.5 Å². The molecule has 7 nitrogen and oxygen atoms in total. The first-order valence-electron chi connectivity index (χ1n) is 15.5. The number of fused-ring (bicyclic) bond motifs is 3. The molecule has 6 aromatic rings. The maximum absolute atomic E-state index is 14.4. The van der Waals surface area contributed by atoms with Gasteiger partial charge in [0.1, 0.15) is 11.5 Å². The van der Waals surface area contributed by atoms with E-state index >= 15 is 0 Å². The summed E-state index contributed by atoms with van der Waals surface area (Å²) in [5.74, 6) is -1.77. The summed E-state index contributed by atoms with van der Waals surface area (Å²) in [6.07, 6.45) is 1.30. The lowest BCUT2D eigenvalue weighted by molar-refractivity contribution is -0.115. The zero-order chi connectivity index (χ0) is 33.6. The van der Waals surface area contributed by atoms with Gasteiger partial charge in [0, 0.05) is 55.7 Å². The van der Waals surface area contributed by atoms with Gasteiger partial charge in [-0.05, 0) is 86.7 Å². The van der Waals surface area contributed by atoms with Gasteiger partial charge in [0.2, 0.25) is 5.91 Å². The van der Waals surface area contributed by atoms with Gasteiger partial charge in [-0.25, -0.2) is 4.39 Å². The summed E-state index contributed by atoms with van der Waals surface area (Å²) >= 11 is 1.39. The lowest BCUT2D eigenvalue weighted by Gasteiger charge is -2.14. The zero-order valence-electron chi connectivity index (χ0n) is 26.4. The number of para-hydroxylation sites is 1. The van der Waals surface area contributed by atoms with Crippen molar-refractivity contribution in [1.29, 1.82) is 0 Å². The molecule has 0 aliphatic carbocycles. The van der Waals surface area contributed by atoms with Crippen molar-refractivity contribution >= 4 is 68.7 Å². The SMILES string of the molecule is CCn1c2ccccc2c2cc(NC(=O)C(C)Sc3ccc(NC(=O)/C(=C/c4ccccc4F)NC(=O)c4ccccc4)cc3)ccc21. The van der Waals surface area contributed by atoms with E-state index in [2.05, 4.69) is 39.6 Å². The Morgan fingerprint density at radius 3 is 2.19 bits per heavy atom. The molecule has 3 N–H and O–H groups in total. The van der Waals surface area contributed by atoms with Crippen molar-refractivity contribution in [2.75, 3.05) is 10.6 Å². The number of rotatable bonds is 10. The van der Waals surface area contributed by atoms with E-state index in [9.17, 15) is 18.8 Å². The summed E-state index contributed by atoms with van der Waals surface area (Å²) in [5.41, 5.74) is 3.88. The van der Waals surface area contributed by atoms with Crippen LogP contribution < -0.4 is 16.0 Å². The van der Waals surface area contributed by atoms with Gasteiger partial charge >= 0.3 is 0 Å². The van der Waals surface area contributed by atoms with Crippen molar-refractivity contribution < 1.29 is 18.8 Å². The number of carbonyl (C=O) groups is 3. The van der Waals surface area contributed by atoms with Gasteiger partial charge in [-0.2, -0.15) is 0 Å². The Labute approximate surface area is 281 Å². The average Bonchev–Trinajstić information content (AvgIpc) is 3.42. The minimum atomic E-state index is -0.616. The molecule has 1 unspecified atom stereocenters. The highest BCUT2D eigenvalue weighted by atomic mass is 32.2. The Kier molecular flexibility index (Phi) is 9.68. The van der Waals surface area contributed by atoms with Gasteiger partial charge in [-0.15, -0.1) is 11.8 Å². The van der Waals surface area contributed by atoms with Crippen LogP contribution in [-0.2, 0) is 16.1 Å². The molecule has 1 heterocycles. The van der Waals surface area contributed by atoms with Crippen LogP contribution in [0.4, 0.5) is 15.8 Å². The maximum atomic E-state index is 14.4. The lowest BCUT2D eigenvalue weighted by atomic mass is 10.1. The molecular weight excluding hydrogens is 624 g/mol. The molecule has 240 valence electrons. The molecule has 6 rings (SSSR count). The van der Waals surface area contributed by atoms with Gasteiger partial charge in [-0.1, -0.05) is 54.6 Å². The van der Waals surface area contributed by atoms with Crippen molar-refractivity contribution in [1.82, 2.24) is 9.88 Å². The smallest absolute Gasteiger partial charge is 0.272 e. The number of carbonyl (C=O) groups excluding carboxylic acids is 3. The maximum Gasteiger partial charge on any atom is 0.272 e. The third-order valence-corrected chi connectivity index (χ3v) is 9.00. The Morgan fingerprint density at radius 1 is 0.771 bits per heavy atom. The van der Waals surface area contributed by atoms with Crippen LogP contribution in [0.5, 0.6) is 0 Å². The van der Waals surface area contributed by atoms with E-state index in [4.69, 9.17) is 0 Å². The summed E-state index contributed by atoms with van der Waals surface area (Å²) in [5, 5.41) is 10.3. The number of nitrogens with zero attached hydrogens (tertiary/aromatic N) is 1. The molecule has 0 radical (unpaired) electrons. The third-order valence-electron chi connectivity index (χ3n) is 7.88. The quantitative estimate of drug-likeness (QED) is 0.102. The molecular formula is C39H33FN4O3S. The molecule has 0 aliphatic heterocycles. The summed E-state index contributed by atoms with van der Waals surface area (Å²) < 4.78 is 16.7. The molecule has 1 aromatic heterocycles. The Bertz CT molecular complexity index is 2160. The summed E-state index contributed by atoms with van der Waals surface area (Å²) in [4.78, 5) is 40.2. The molecule has 0 saturated heterocycles. The monoisotopic (exact) mass is 656 g/mol. The lowest BCUT2D eigenvalue weighted by Crippen LogP contribution is -2.30. The molecule has 1 atom stereocenters. The molecule has 48 heavy (non-hydrogen) atoms. The van der Waals surface area contributed by atoms with Crippen LogP contribution >= 0.6 is 11.8 Å². The van der Waals surface area contributed by atoms with E-state index in [1.807, 2.05) is 37.3 Å². The predicted octanol–water partition coefficient (Wildman–Crippen LogP) is 8.48. The Hall–Kier alpha value is -5.67. The van der Waals surface area contributed by atoms with Crippen molar-refractivity contribution in [3.05, 3.63) is 144 Å². The van der Waals surface area contributed by atoms with E-state index < -0.39 is 22.9 Å². The Balaban J connectivity index is 1.12. The molecule has 0 spiro atoms. The second kappa shape index (κ2) is 14.4. The molecule has 0 bridgehead atoms. The predicted molar refractivity (Wildman–Crippen MR) is 192 cm³/mol. The minimum absolute atomic E-state index is 0.116. The number of aromatic nitrogens is 1. The van der Waals surface area contributed by atoms with Gasteiger partial charge in [0.05, 0.1) is 5.25 Å². The highest BCUT2D eigenvalue weighted by molar-refractivity contribution is 8.00. The van der Waals surface area contributed by atoms with Gasteiger partial charge in [-0.3, -0.25) is 14.4 Å². The number of benzene rings is 5. The van der Waals surface area contributed by atoms with E-state index in [0.29, 0.717) is 11.3 Å². The standard InChI is InChI=1S/C39H33FN4O3S/c1-3-44-35-16-10-8-14-31(35)32-24-29(19-22-36(32)44)42-37(45)25(2)48-30-20-17-28(18-21-30)41-39(47)34(23-27-13-7-9-15-33(27)40)43-38(46)26-11-5-4-6-12-26/h4-25H,3H2,1-2H3,(H,41,47)(H,42,45)(H,43,46)/b34-23-.